The summed E-state index contributed by atoms with van der Waals surface area (Å²) in [6, 6.07) is 12.6. The van der Waals surface area contributed by atoms with E-state index in [1.165, 1.54) is 31.7 Å². The van der Waals surface area contributed by atoms with Gasteiger partial charge in [0.2, 0.25) is 0 Å². The monoisotopic (exact) mass is 315 g/mol. The summed E-state index contributed by atoms with van der Waals surface area (Å²) < 4.78 is 1.63. The summed E-state index contributed by atoms with van der Waals surface area (Å²) in [6.07, 6.45) is 8.00. The zero-order chi connectivity index (χ0) is 14.2. The second kappa shape index (κ2) is 5.79. The van der Waals surface area contributed by atoms with Crippen molar-refractivity contribution in [1.29, 1.82) is 0 Å². The van der Waals surface area contributed by atoms with Gasteiger partial charge in [0.25, 0.3) is 0 Å². The summed E-state index contributed by atoms with van der Waals surface area (Å²) in [4.78, 5) is 0. The molecule has 2 heteroatoms. The Morgan fingerprint density at radius 2 is 1.80 bits per heavy atom. The zero-order valence-electron chi connectivity index (χ0n) is 12.6. The molecule has 3 rings (SSSR count). The van der Waals surface area contributed by atoms with Gasteiger partial charge >= 0.3 is 136 Å². The predicted octanol–water partition coefficient (Wildman–Crippen LogP) is 4.53. The third-order valence-electron chi connectivity index (χ3n) is 4.95. The molecule has 0 saturated heterocycles. The summed E-state index contributed by atoms with van der Waals surface area (Å²) in [5.74, 6) is 0.757. The summed E-state index contributed by atoms with van der Waals surface area (Å²) in [7, 11) is -1.34. The first kappa shape index (κ1) is 14.6. The van der Waals surface area contributed by atoms with E-state index in [4.69, 9.17) is 0 Å². The summed E-state index contributed by atoms with van der Waals surface area (Å²) in [5.41, 5.74) is 3.49. The average Bonchev–Trinajstić information content (AvgIpc) is 2.76. The van der Waals surface area contributed by atoms with Crippen LogP contribution in [0.1, 0.15) is 25.7 Å². The van der Waals surface area contributed by atoms with Crippen molar-refractivity contribution >= 4 is 13.3 Å². The van der Waals surface area contributed by atoms with Crippen LogP contribution >= 0.6 is 0 Å². The minimum atomic E-state index is -1.34. The van der Waals surface area contributed by atoms with Crippen molar-refractivity contribution in [1.82, 2.24) is 0 Å². The SMILES string of the molecule is C[Si](C)(CC1[C]([Ti])=CC2=C1CCCC2)c1ccccc1. The van der Waals surface area contributed by atoms with E-state index in [9.17, 15) is 0 Å². The van der Waals surface area contributed by atoms with Gasteiger partial charge in [0, 0.05) is 0 Å². The minimum absolute atomic E-state index is 0.757. The Labute approximate surface area is 135 Å². The number of hydrogen-bond acceptors (Lipinski definition) is 0. The Morgan fingerprint density at radius 1 is 1.10 bits per heavy atom. The third kappa shape index (κ3) is 2.81. The molecule has 0 heterocycles. The summed E-state index contributed by atoms with van der Waals surface area (Å²) in [5, 5.41) is 1.61. The van der Waals surface area contributed by atoms with Gasteiger partial charge in [-0.15, -0.1) is 0 Å². The second-order valence-electron chi connectivity index (χ2n) is 6.86. The number of hydrogen-bond donors (Lipinski definition) is 0. The molecule has 2 aliphatic rings. The molecule has 1 unspecified atom stereocenters. The van der Waals surface area contributed by atoms with Crippen LogP contribution in [0.5, 0.6) is 0 Å². The van der Waals surface area contributed by atoms with Gasteiger partial charge in [-0.1, -0.05) is 0 Å². The molecule has 0 fully saturated rings. The van der Waals surface area contributed by atoms with Crippen molar-refractivity contribution < 1.29 is 20.4 Å². The molecule has 0 aromatic heterocycles. The molecule has 0 radical (unpaired) electrons. The van der Waals surface area contributed by atoms with E-state index < -0.39 is 8.07 Å². The summed E-state index contributed by atoms with van der Waals surface area (Å²) >= 11 is 2.36. The fourth-order valence-corrected chi connectivity index (χ4v) is 7.58. The molecule has 0 bridgehead atoms. The topological polar surface area (TPSA) is 0 Å². The molecule has 103 valence electrons. The van der Waals surface area contributed by atoms with E-state index in [1.54, 1.807) is 20.2 Å². The van der Waals surface area contributed by atoms with Crippen LogP contribution in [0.2, 0.25) is 19.1 Å². The van der Waals surface area contributed by atoms with E-state index in [0.29, 0.717) is 0 Å². The maximum absolute atomic E-state index is 2.54. The fourth-order valence-electron chi connectivity index (χ4n) is 3.74. The Balaban J connectivity index is 1.84. The van der Waals surface area contributed by atoms with Crippen molar-refractivity contribution in [2.45, 2.75) is 44.8 Å². The van der Waals surface area contributed by atoms with Gasteiger partial charge in [0.15, 0.2) is 0 Å². The molecule has 0 saturated carbocycles. The maximum atomic E-state index is 2.54. The summed E-state index contributed by atoms with van der Waals surface area (Å²) in [6.45, 7) is 5.08. The molecule has 2 aliphatic carbocycles. The van der Waals surface area contributed by atoms with Crippen LogP contribution in [-0.4, -0.2) is 8.07 Å². The molecular weight excluding hydrogens is 292 g/mol. The first-order chi connectivity index (χ1) is 9.58. The van der Waals surface area contributed by atoms with Crippen molar-refractivity contribution in [2.75, 3.05) is 0 Å². The van der Waals surface area contributed by atoms with Crippen LogP contribution in [-0.2, 0) is 20.4 Å². The number of rotatable bonds is 3. The third-order valence-corrected chi connectivity index (χ3v) is 9.04. The van der Waals surface area contributed by atoms with Gasteiger partial charge in [0.1, 0.15) is 0 Å². The van der Waals surface area contributed by atoms with Gasteiger partial charge in [-0.05, 0) is 0 Å². The van der Waals surface area contributed by atoms with Crippen molar-refractivity contribution in [2.24, 2.45) is 5.92 Å². The molecule has 0 N–H and O–H groups in total. The van der Waals surface area contributed by atoms with E-state index >= 15 is 0 Å². The second-order valence-corrected chi connectivity index (χ2v) is 12.5. The van der Waals surface area contributed by atoms with Crippen molar-refractivity contribution in [3.05, 3.63) is 51.4 Å². The van der Waals surface area contributed by atoms with Gasteiger partial charge in [0.05, 0.1) is 0 Å². The van der Waals surface area contributed by atoms with Crippen LogP contribution in [0.15, 0.2) is 51.4 Å². The Hall–Kier alpha value is -0.369. The Kier molecular flexibility index (Phi) is 4.22. The quantitative estimate of drug-likeness (QED) is 0.719. The first-order valence-electron chi connectivity index (χ1n) is 7.78. The standard InChI is InChI=1S/C18H23Si.Ti/c1-19(2,17-9-4-3-5-10-17)14-16-13-12-15-8-6-7-11-18(15)16;/h3-5,9-10,12,16H,6-8,11,14H2,1-2H3;. The van der Waals surface area contributed by atoms with Gasteiger partial charge in [-0.3, -0.25) is 0 Å². The van der Waals surface area contributed by atoms with E-state index in [1.807, 2.05) is 0 Å². The molecule has 1 atom stereocenters. The molecule has 0 amide bonds. The van der Waals surface area contributed by atoms with Crippen LogP contribution < -0.4 is 5.19 Å². The Bertz CT molecular complexity index is 554. The molecule has 1 aromatic carbocycles. The normalized spacial score (nSPS) is 22.6. The first-order valence-corrected chi connectivity index (χ1v) is 11.8. The van der Waals surface area contributed by atoms with Crippen molar-refractivity contribution in [3.63, 3.8) is 0 Å². The van der Waals surface area contributed by atoms with Crippen LogP contribution in [0, 0.1) is 5.92 Å². The molecular formula is C18H23SiTi. The Morgan fingerprint density at radius 3 is 2.55 bits per heavy atom. The molecule has 0 aliphatic heterocycles. The zero-order valence-corrected chi connectivity index (χ0v) is 15.1. The van der Waals surface area contributed by atoms with Crippen LogP contribution in [0.25, 0.3) is 0 Å². The van der Waals surface area contributed by atoms with Crippen LogP contribution in [0.4, 0.5) is 0 Å². The van der Waals surface area contributed by atoms with Gasteiger partial charge in [-0.25, -0.2) is 0 Å². The molecule has 0 nitrogen and oxygen atoms in total. The van der Waals surface area contributed by atoms with E-state index in [2.05, 4.69) is 69.9 Å². The molecule has 20 heavy (non-hydrogen) atoms. The van der Waals surface area contributed by atoms with Crippen molar-refractivity contribution in [3.8, 4) is 0 Å². The number of allylic oxidation sites excluding steroid dienone is 4. The van der Waals surface area contributed by atoms with E-state index in [-0.39, 0.29) is 0 Å². The molecule has 0 spiro atoms. The number of benzene rings is 1. The van der Waals surface area contributed by atoms with E-state index in [0.717, 1.165) is 5.92 Å². The van der Waals surface area contributed by atoms with Gasteiger partial charge < -0.3 is 0 Å². The van der Waals surface area contributed by atoms with Crippen LogP contribution in [0.3, 0.4) is 0 Å². The molecule has 1 aromatic rings. The predicted molar refractivity (Wildman–Crippen MR) is 85.4 cm³/mol. The average molecular weight is 315 g/mol. The van der Waals surface area contributed by atoms with Gasteiger partial charge in [-0.2, -0.15) is 0 Å². The fraction of sp³-hybridized carbons (Fsp3) is 0.444.